The van der Waals surface area contributed by atoms with Crippen LogP contribution in [0.1, 0.15) is 33.1 Å². The van der Waals surface area contributed by atoms with E-state index in [1.165, 1.54) is 6.07 Å². The third kappa shape index (κ3) is 1.65. The molecule has 106 valence electrons. The van der Waals surface area contributed by atoms with Gasteiger partial charge >= 0.3 is 0 Å². The summed E-state index contributed by atoms with van der Waals surface area (Å²) < 4.78 is 13.7. The van der Waals surface area contributed by atoms with E-state index in [1.54, 1.807) is 18.2 Å². The van der Waals surface area contributed by atoms with Gasteiger partial charge < -0.3 is 5.32 Å². The lowest BCUT2D eigenvalue weighted by molar-refractivity contribution is -0.123. The lowest BCUT2D eigenvalue weighted by Gasteiger charge is -2.37. The summed E-state index contributed by atoms with van der Waals surface area (Å²) in [7, 11) is 0. The molecule has 1 aromatic rings. The summed E-state index contributed by atoms with van der Waals surface area (Å²) in [5.41, 5.74) is 0.768. The van der Waals surface area contributed by atoms with E-state index in [2.05, 4.69) is 25.7 Å². The van der Waals surface area contributed by atoms with Gasteiger partial charge in [0, 0.05) is 0 Å². The van der Waals surface area contributed by atoms with E-state index in [4.69, 9.17) is 0 Å². The number of benzene rings is 1. The summed E-state index contributed by atoms with van der Waals surface area (Å²) in [6.45, 7) is 8.52. The van der Waals surface area contributed by atoms with Crippen molar-refractivity contribution in [3.05, 3.63) is 42.2 Å². The number of carbonyl (C=O) groups excluding carboxylic acids is 1. The van der Waals surface area contributed by atoms with E-state index in [-0.39, 0.29) is 17.0 Å². The number of nitrogens with one attached hydrogen (secondary N) is 1. The molecule has 2 saturated carbocycles. The second-order valence-electron chi connectivity index (χ2n) is 6.66. The Morgan fingerprint density at radius 1 is 1.40 bits per heavy atom. The van der Waals surface area contributed by atoms with E-state index in [1.807, 2.05) is 0 Å². The highest BCUT2D eigenvalue weighted by Gasteiger charge is 2.60. The molecule has 0 spiro atoms. The zero-order valence-electron chi connectivity index (χ0n) is 12.0. The third-order valence-corrected chi connectivity index (χ3v) is 5.45. The second kappa shape index (κ2) is 4.18. The zero-order valence-corrected chi connectivity index (χ0v) is 12.0. The van der Waals surface area contributed by atoms with Crippen LogP contribution < -0.4 is 5.32 Å². The number of halogens is 1. The van der Waals surface area contributed by atoms with Gasteiger partial charge in [0.15, 0.2) is 0 Å². The molecule has 20 heavy (non-hydrogen) atoms. The monoisotopic (exact) mass is 273 g/mol. The molecule has 2 bridgehead atoms. The van der Waals surface area contributed by atoms with Crippen LogP contribution in [0.5, 0.6) is 0 Å². The van der Waals surface area contributed by atoms with Gasteiger partial charge in [-0.25, -0.2) is 4.39 Å². The molecular formula is C17H20FNO. The first kappa shape index (κ1) is 13.3. The van der Waals surface area contributed by atoms with Gasteiger partial charge in [-0.05, 0) is 42.7 Å². The lowest BCUT2D eigenvalue weighted by atomic mass is 9.68. The fourth-order valence-electron chi connectivity index (χ4n) is 3.95. The predicted octanol–water partition coefficient (Wildman–Crippen LogP) is 4.15. The van der Waals surface area contributed by atoms with Crippen LogP contribution in [-0.2, 0) is 4.79 Å². The highest BCUT2D eigenvalue weighted by Crippen LogP contribution is 2.65. The van der Waals surface area contributed by atoms with Crippen LogP contribution in [0.3, 0.4) is 0 Å². The fourth-order valence-corrected chi connectivity index (χ4v) is 3.95. The van der Waals surface area contributed by atoms with Crippen LogP contribution in [0.15, 0.2) is 36.4 Å². The van der Waals surface area contributed by atoms with Crippen molar-refractivity contribution < 1.29 is 9.18 Å². The van der Waals surface area contributed by atoms with Crippen molar-refractivity contribution in [1.82, 2.24) is 0 Å². The van der Waals surface area contributed by atoms with Crippen molar-refractivity contribution in [2.24, 2.45) is 16.7 Å². The highest BCUT2D eigenvalue weighted by atomic mass is 19.1. The second-order valence-corrected chi connectivity index (χ2v) is 6.66. The fraction of sp³-hybridized carbons (Fsp3) is 0.471. The molecule has 1 amide bonds. The van der Waals surface area contributed by atoms with Crippen LogP contribution >= 0.6 is 0 Å². The maximum absolute atomic E-state index is 13.7. The van der Waals surface area contributed by atoms with Crippen LogP contribution in [0.2, 0.25) is 0 Å². The van der Waals surface area contributed by atoms with Gasteiger partial charge in [0.25, 0.3) is 0 Å². The molecular weight excluding hydrogens is 253 g/mol. The summed E-state index contributed by atoms with van der Waals surface area (Å²) in [5, 5.41) is 2.76. The molecule has 0 heterocycles. The minimum atomic E-state index is -0.504. The number of fused-ring (bicyclic) bond motifs is 2. The van der Waals surface area contributed by atoms with Crippen molar-refractivity contribution in [3.8, 4) is 0 Å². The molecule has 3 heteroatoms. The summed E-state index contributed by atoms with van der Waals surface area (Å²) in [6.07, 6.45) is 2.73. The Labute approximate surface area is 119 Å². The summed E-state index contributed by atoms with van der Waals surface area (Å²) >= 11 is 0. The van der Waals surface area contributed by atoms with Gasteiger partial charge in [-0.3, -0.25) is 4.79 Å². The number of amides is 1. The van der Waals surface area contributed by atoms with Crippen LogP contribution in [0.25, 0.3) is 0 Å². The van der Waals surface area contributed by atoms with Crippen molar-refractivity contribution in [3.63, 3.8) is 0 Å². The molecule has 2 fully saturated rings. The molecule has 0 radical (unpaired) electrons. The van der Waals surface area contributed by atoms with Gasteiger partial charge in [0.1, 0.15) is 5.82 Å². The molecule has 1 N–H and O–H groups in total. The maximum Gasteiger partial charge on any atom is 0.234 e. The molecule has 2 atom stereocenters. The number of rotatable bonds is 2. The maximum atomic E-state index is 13.7. The molecule has 0 saturated heterocycles. The SMILES string of the molecule is C=C1C(C)(C)[C@@H]2CC[C@@]1(C(=O)Nc1ccccc1F)C2. The minimum absolute atomic E-state index is 0.00478. The summed E-state index contributed by atoms with van der Waals surface area (Å²) in [5.74, 6) is 0.0247. The molecule has 3 rings (SSSR count). The Morgan fingerprint density at radius 2 is 2.10 bits per heavy atom. The lowest BCUT2D eigenvalue weighted by Crippen LogP contribution is -2.37. The molecule has 1 aromatic carbocycles. The van der Waals surface area contributed by atoms with Crippen molar-refractivity contribution in [2.75, 3.05) is 5.32 Å². The first-order valence-corrected chi connectivity index (χ1v) is 7.14. The number of hydrogen-bond acceptors (Lipinski definition) is 1. The molecule has 0 aliphatic heterocycles. The zero-order chi connectivity index (χ0) is 14.5. The van der Waals surface area contributed by atoms with E-state index in [0.29, 0.717) is 5.92 Å². The molecule has 2 nitrogen and oxygen atoms in total. The Bertz CT molecular complexity index is 592. The Kier molecular flexibility index (Phi) is 2.79. The van der Waals surface area contributed by atoms with E-state index >= 15 is 0 Å². The number of carbonyl (C=O) groups is 1. The van der Waals surface area contributed by atoms with Crippen molar-refractivity contribution in [2.45, 2.75) is 33.1 Å². The quantitative estimate of drug-likeness (QED) is 0.806. The van der Waals surface area contributed by atoms with Crippen molar-refractivity contribution >= 4 is 11.6 Å². The van der Waals surface area contributed by atoms with Gasteiger partial charge in [-0.2, -0.15) is 0 Å². The third-order valence-electron chi connectivity index (χ3n) is 5.45. The molecule has 2 aliphatic carbocycles. The van der Waals surface area contributed by atoms with Crippen LogP contribution in [0.4, 0.5) is 10.1 Å². The number of hydrogen-bond donors (Lipinski definition) is 1. The molecule has 2 aliphatic rings. The van der Waals surface area contributed by atoms with E-state index < -0.39 is 11.2 Å². The Balaban J connectivity index is 1.89. The average molecular weight is 273 g/mol. The smallest absolute Gasteiger partial charge is 0.234 e. The van der Waals surface area contributed by atoms with Gasteiger partial charge in [-0.15, -0.1) is 0 Å². The van der Waals surface area contributed by atoms with Gasteiger partial charge in [0.05, 0.1) is 11.1 Å². The van der Waals surface area contributed by atoms with Crippen LogP contribution in [0, 0.1) is 22.6 Å². The normalized spacial score (nSPS) is 30.6. The largest absolute Gasteiger partial charge is 0.323 e. The summed E-state index contributed by atoms with van der Waals surface area (Å²) in [6, 6.07) is 6.30. The van der Waals surface area contributed by atoms with Gasteiger partial charge in [-0.1, -0.05) is 38.1 Å². The van der Waals surface area contributed by atoms with Gasteiger partial charge in [0.2, 0.25) is 5.91 Å². The highest BCUT2D eigenvalue weighted by molar-refractivity contribution is 5.98. The minimum Gasteiger partial charge on any atom is -0.323 e. The van der Waals surface area contributed by atoms with E-state index in [9.17, 15) is 9.18 Å². The Hall–Kier alpha value is -1.64. The molecule has 0 aromatic heterocycles. The summed E-state index contributed by atoms with van der Waals surface area (Å²) in [4.78, 5) is 12.7. The van der Waals surface area contributed by atoms with Crippen LogP contribution in [-0.4, -0.2) is 5.91 Å². The van der Waals surface area contributed by atoms with E-state index in [0.717, 1.165) is 24.8 Å². The number of para-hydroxylation sites is 1. The first-order chi connectivity index (χ1) is 9.38. The average Bonchev–Trinajstić information content (AvgIpc) is 2.93. The predicted molar refractivity (Wildman–Crippen MR) is 77.7 cm³/mol. The topological polar surface area (TPSA) is 29.1 Å². The first-order valence-electron chi connectivity index (χ1n) is 7.14. The standard InChI is InChI=1S/C17H20FNO/c1-11-16(2,3)12-8-9-17(11,10-12)15(20)19-14-7-5-4-6-13(14)18/h4-7,12H,1,8-10H2,2-3H3,(H,19,20)/t12-,17-/m1/s1. The Morgan fingerprint density at radius 3 is 2.70 bits per heavy atom. The molecule has 0 unspecified atom stereocenters. The number of anilines is 1. The van der Waals surface area contributed by atoms with Crippen molar-refractivity contribution in [1.29, 1.82) is 0 Å².